The Morgan fingerprint density at radius 2 is 2.12 bits per heavy atom. The van der Waals surface area contributed by atoms with Gasteiger partial charge in [0.1, 0.15) is 11.6 Å². The van der Waals surface area contributed by atoms with E-state index < -0.39 is 11.7 Å². The second-order valence-corrected chi connectivity index (χ2v) is 8.09. The fourth-order valence-electron chi connectivity index (χ4n) is 2.77. The highest BCUT2D eigenvalue weighted by atomic mass is 32.1. The molecule has 0 atom stereocenters. The molecule has 0 bridgehead atoms. The molecule has 0 aliphatic rings. The molecule has 1 amide bonds. The van der Waals surface area contributed by atoms with Crippen LogP contribution in [0.3, 0.4) is 0 Å². The van der Waals surface area contributed by atoms with Crippen molar-refractivity contribution in [3.63, 3.8) is 0 Å². The molecule has 4 rings (SSSR count). The Labute approximate surface area is 157 Å². The Kier molecular flexibility index (Phi) is 4.34. The highest BCUT2D eigenvalue weighted by Gasteiger charge is 2.14. The van der Waals surface area contributed by atoms with Crippen LogP contribution >= 0.6 is 22.7 Å². The molecule has 2 aromatic carbocycles. The lowest BCUT2D eigenvalue weighted by atomic mass is 10.2. The number of carbonyl (C=O) groups is 1. The van der Waals surface area contributed by atoms with Crippen molar-refractivity contribution in [2.45, 2.75) is 13.8 Å². The second kappa shape index (κ2) is 6.66. The van der Waals surface area contributed by atoms with E-state index in [0.717, 1.165) is 30.9 Å². The minimum Gasteiger partial charge on any atom is -0.483 e. The van der Waals surface area contributed by atoms with Crippen molar-refractivity contribution in [1.82, 2.24) is 4.98 Å². The molecule has 0 fully saturated rings. The van der Waals surface area contributed by atoms with E-state index >= 15 is 0 Å². The number of anilines is 1. The summed E-state index contributed by atoms with van der Waals surface area (Å²) in [6.45, 7) is 3.61. The quantitative estimate of drug-likeness (QED) is 0.519. The Morgan fingerprint density at radius 3 is 2.96 bits per heavy atom. The fraction of sp³-hybridized carbons (Fsp3) is 0.158. The second-order valence-electron chi connectivity index (χ2n) is 5.94. The van der Waals surface area contributed by atoms with Crippen molar-refractivity contribution in [2.24, 2.45) is 0 Å². The molecule has 0 aliphatic heterocycles. The predicted octanol–water partition coefficient (Wildman–Crippen LogP) is 5.28. The number of ether oxygens (including phenoxy) is 1. The van der Waals surface area contributed by atoms with Crippen LogP contribution < -0.4 is 10.1 Å². The van der Waals surface area contributed by atoms with Gasteiger partial charge in [-0.05, 0) is 43.0 Å². The number of amides is 1. The summed E-state index contributed by atoms with van der Waals surface area (Å²) in [7, 11) is 0. The summed E-state index contributed by atoms with van der Waals surface area (Å²) >= 11 is 3.19. The van der Waals surface area contributed by atoms with Gasteiger partial charge in [-0.15, -0.1) is 22.7 Å². The number of nitrogens with zero attached hydrogens (tertiary/aromatic N) is 1. The number of rotatable bonds is 4. The highest BCUT2D eigenvalue weighted by molar-refractivity contribution is 7.21. The van der Waals surface area contributed by atoms with Crippen molar-refractivity contribution in [3.8, 4) is 5.75 Å². The van der Waals surface area contributed by atoms with Crippen LogP contribution in [0.25, 0.3) is 20.3 Å². The lowest BCUT2D eigenvalue weighted by molar-refractivity contribution is -0.118. The van der Waals surface area contributed by atoms with Crippen molar-refractivity contribution in [3.05, 3.63) is 52.1 Å². The number of benzene rings is 2. The first-order valence-corrected chi connectivity index (χ1v) is 9.67. The van der Waals surface area contributed by atoms with E-state index in [9.17, 15) is 9.18 Å². The summed E-state index contributed by atoms with van der Waals surface area (Å²) in [5.41, 5.74) is 2.00. The standard InChI is InChI=1S/C19H15FN2O2S2/c1-10-3-4-13(20)14(7-10)22-17(23)9-24-15-8-16-18(21-11(2)26-16)19-12(15)5-6-25-19/h3-8H,9H2,1-2H3,(H,22,23). The number of fused-ring (bicyclic) bond motifs is 3. The molecule has 132 valence electrons. The molecule has 4 nitrogen and oxygen atoms in total. The van der Waals surface area contributed by atoms with Crippen LogP contribution in [-0.2, 0) is 4.79 Å². The Morgan fingerprint density at radius 1 is 1.27 bits per heavy atom. The van der Waals surface area contributed by atoms with E-state index in [0.29, 0.717) is 5.75 Å². The van der Waals surface area contributed by atoms with E-state index in [2.05, 4.69) is 10.3 Å². The third-order valence-corrected chi connectivity index (χ3v) is 5.76. The Hall–Kier alpha value is -2.51. The number of nitrogens with one attached hydrogen (secondary N) is 1. The maximum absolute atomic E-state index is 13.8. The average molecular weight is 386 g/mol. The first-order chi connectivity index (χ1) is 12.5. The van der Waals surface area contributed by atoms with Crippen LogP contribution in [0.2, 0.25) is 0 Å². The number of aromatic nitrogens is 1. The lowest BCUT2D eigenvalue weighted by Gasteiger charge is -2.10. The van der Waals surface area contributed by atoms with Crippen molar-refractivity contribution < 1.29 is 13.9 Å². The van der Waals surface area contributed by atoms with Crippen LogP contribution in [-0.4, -0.2) is 17.5 Å². The molecule has 2 aromatic heterocycles. The monoisotopic (exact) mass is 386 g/mol. The zero-order chi connectivity index (χ0) is 18.3. The minimum absolute atomic E-state index is 0.160. The number of thiophene rings is 1. The number of hydrogen-bond donors (Lipinski definition) is 1. The van der Waals surface area contributed by atoms with Gasteiger partial charge >= 0.3 is 0 Å². The van der Waals surface area contributed by atoms with Gasteiger partial charge in [0.2, 0.25) is 0 Å². The van der Waals surface area contributed by atoms with Gasteiger partial charge in [-0.1, -0.05) is 6.07 Å². The van der Waals surface area contributed by atoms with Crippen LogP contribution in [0, 0.1) is 19.7 Å². The van der Waals surface area contributed by atoms with Gasteiger partial charge < -0.3 is 10.1 Å². The molecule has 4 aromatic rings. The van der Waals surface area contributed by atoms with Gasteiger partial charge in [0.05, 0.1) is 25.6 Å². The molecule has 2 heterocycles. The molecular formula is C19H15FN2O2S2. The molecule has 0 unspecified atom stereocenters. The molecular weight excluding hydrogens is 371 g/mol. The average Bonchev–Trinajstić information content (AvgIpc) is 3.21. The molecule has 0 aliphatic carbocycles. The van der Waals surface area contributed by atoms with Gasteiger partial charge in [0.25, 0.3) is 5.91 Å². The molecule has 0 spiro atoms. The SMILES string of the molecule is Cc1ccc(F)c(NC(=O)COc2cc3sc(C)nc3c3sccc23)c1. The van der Waals surface area contributed by atoms with Crippen LogP contribution in [0.4, 0.5) is 10.1 Å². The number of thiazole rings is 1. The summed E-state index contributed by atoms with van der Waals surface area (Å²) < 4.78 is 21.6. The first-order valence-electron chi connectivity index (χ1n) is 7.97. The fourth-order valence-corrected chi connectivity index (χ4v) is 4.60. The molecule has 0 saturated carbocycles. The number of hydrogen-bond acceptors (Lipinski definition) is 5. The minimum atomic E-state index is -0.467. The number of carbonyl (C=O) groups excluding carboxylic acids is 1. The summed E-state index contributed by atoms with van der Waals surface area (Å²) in [6, 6.07) is 8.45. The Bertz CT molecular complexity index is 1130. The zero-order valence-corrected chi connectivity index (χ0v) is 15.8. The van der Waals surface area contributed by atoms with Gasteiger partial charge in [-0.2, -0.15) is 0 Å². The van der Waals surface area contributed by atoms with E-state index in [1.165, 1.54) is 6.07 Å². The summed E-state index contributed by atoms with van der Waals surface area (Å²) in [6.07, 6.45) is 0. The van der Waals surface area contributed by atoms with Crippen molar-refractivity contribution in [1.29, 1.82) is 0 Å². The summed E-state index contributed by atoms with van der Waals surface area (Å²) in [4.78, 5) is 16.8. The maximum atomic E-state index is 13.8. The molecule has 7 heteroatoms. The molecule has 0 radical (unpaired) electrons. The van der Waals surface area contributed by atoms with Crippen molar-refractivity contribution >= 4 is 54.6 Å². The first kappa shape index (κ1) is 16.9. The van der Waals surface area contributed by atoms with Crippen molar-refractivity contribution in [2.75, 3.05) is 11.9 Å². The van der Waals surface area contributed by atoms with Gasteiger partial charge in [-0.3, -0.25) is 4.79 Å². The summed E-state index contributed by atoms with van der Waals surface area (Å²) in [5, 5.41) is 6.46. The van der Waals surface area contributed by atoms with Gasteiger partial charge in [0.15, 0.2) is 6.61 Å². The van der Waals surface area contributed by atoms with Crippen LogP contribution in [0.5, 0.6) is 5.75 Å². The van der Waals surface area contributed by atoms with E-state index in [1.807, 2.05) is 31.4 Å². The van der Waals surface area contributed by atoms with Gasteiger partial charge in [-0.25, -0.2) is 9.37 Å². The normalized spacial score (nSPS) is 11.2. The van der Waals surface area contributed by atoms with E-state index in [1.54, 1.807) is 34.8 Å². The number of aryl methyl sites for hydroxylation is 2. The van der Waals surface area contributed by atoms with Crippen LogP contribution in [0.1, 0.15) is 10.6 Å². The predicted molar refractivity (Wildman–Crippen MR) is 105 cm³/mol. The smallest absolute Gasteiger partial charge is 0.262 e. The largest absolute Gasteiger partial charge is 0.483 e. The summed E-state index contributed by atoms with van der Waals surface area (Å²) in [5.74, 6) is -0.235. The number of halogens is 1. The van der Waals surface area contributed by atoms with Crippen LogP contribution in [0.15, 0.2) is 35.7 Å². The topological polar surface area (TPSA) is 51.2 Å². The lowest BCUT2D eigenvalue weighted by Crippen LogP contribution is -2.20. The molecule has 26 heavy (non-hydrogen) atoms. The molecule has 0 saturated heterocycles. The van der Waals surface area contributed by atoms with E-state index in [-0.39, 0.29) is 12.3 Å². The molecule has 1 N–H and O–H groups in total. The third-order valence-electron chi connectivity index (χ3n) is 3.92. The zero-order valence-electron chi connectivity index (χ0n) is 14.1. The van der Waals surface area contributed by atoms with E-state index in [4.69, 9.17) is 4.74 Å². The van der Waals surface area contributed by atoms with Gasteiger partial charge in [0, 0.05) is 11.5 Å². The maximum Gasteiger partial charge on any atom is 0.262 e. The third kappa shape index (κ3) is 3.15. The Balaban J connectivity index is 1.56. The highest BCUT2D eigenvalue weighted by Crippen LogP contribution is 2.38.